The molecule has 0 radical (unpaired) electrons. The Morgan fingerprint density at radius 2 is 1.74 bits per heavy atom. The van der Waals surface area contributed by atoms with Crippen molar-refractivity contribution in [2.75, 3.05) is 40.0 Å². The summed E-state index contributed by atoms with van der Waals surface area (Å²) >= 11 is 0. The number of hydrogen-bond acceptors (Lipinski definition) is 4. The van der Waals surface area contributed by atoms with Crippen molar-refractivity contribution in [3.63, 3.8) is 0 Å². The highest BCUT2D eigenvalue weighted by Gasteiger charge is 2.22. The third-order valence-corrected chi connectivity index (χ3v) is 5.29. The van der Waals surface area contributed by atoms with Crippen LogP contribution in [0, 0.1) is 0 Å². The van der Waals surface area contributed by atoms with Crippen LogP contribution in [-0.2, 0) is 22.6 Å². The molecule has 3 rings (SSSR count). The first kappa shape index (κ1) is 23.1. The number of piperidine rings is 1. The summed E-state index contributed by atoms with van der Waals surface area (Å²) in [4.78, 5) is 6.80. The van der Waals surface area contributed by atoms with Crippen molar-refractivity contribution in [1.29, 1.82) is 0 Å². The summed E-state index contributed by atoms with van der Waals surface area (Å²) < 4.78 is 17.1. The monoisotopic (exact) mass is 425 g/mol. The molecule has 1 aliphatic rings. The number of hydrogen-bond donors (Lipinski definition) is 1. The van der Waals surface area contributed by atoms with Crippen molar-refractivity contribution < 1.29 is 14.2 Å². The van der Waals surface area contributed by atoms with Gasteiger partial charge in [0.15, 0.2) is 5.96 Å². The fraction of sp³-hybridized carbons (Fsp3) is 0.480. The molecule has 0 aliphatic carbocycles. The van der Waals surface area contributed by atoms with E-state index < -0.39 is 0 Å². The summed E-state index contributed by atoms with van der Waals surface area (Å²) in [6, 6.07) is 18.6. The molecule has 2 aromatic rings. The molecule has 6 nitrogen and oxygen atoms in total. The fourth-order valence-corrected chi connectivity index (χ4v) is 3.67. The molecular formula is C25H35N3O3. The van der Waals surface area contributed by atoms with Gasteiger partial charge < -0.3 is 24.4 Å². The van der Waals surface area contributed by atoms with Crippen molar-refractivity contribution in [2.45, 2.75) is 39.0 Å². The highest BCUT2D eigenvalue weighted by molar-refractivity contribution is 5.80. The number of ether oxygens (including phenoxy) is 3. The quantitative estimate of drug-likeness (QED) is 0.356. The van der Waals surface area contributed by atoms with E-state index >= 15 is 0 Å². The van der Waals surface area contributed by atoms with E-state index in [4.69, 9.17) is 14.2 Å². The molecule has 1 fully saturated rings. The Morgan fingerprint density at radius 1 is 1.00 bits per heavy atom. The zero-order valence-corrected chi connectivity index (χ0v) is 18.8. The van der Waals surface area contributed by atoms with Crippen molar-refractivity contribution >= 4 is 5.96 Å². The lowest BCUT2D eigenvalue weighted by Crippen LogP contribution is -2.47. The Hall–Kier alpha value is -2.57. The predicted octanol–water partition coefficient (Wildman–Crippen LogP) is 3.86. The Bertz CT molecular complexity index is 790. The number of rotatable bonds is 10. The van der Waals surface area contributed by atoms with Crippen LogP contribution in [0.3, 0.4) is 0 Å². The second-order valence-corrected chi connectivity index (χ2v) is 7.59. The van der Waals surface area contributed by atoms with Gasteiger partial charge in [0.05, 0.1) is 19.8 Å². The Labute approximate surface area is 186 Å². The number of benzene rings is 2. The van der Waals surface area contributed by atoms with Gasteiger partial charge in [-0.15, -0.1) is 0 Å². The highest BCUT2D eigenvalue weighted by Crippen LogP contribution is 2.18. The second-order valence-electron chi connectivity index (χ2n) is 7.59. The third kappa shape index (κ3) is 7.89. The van der Waals surface area contributed by atoms with Crippen LogP contribution in [0.4, 0.5) is 0 Å². The lowest BCUT2D eigenvalue weighted by atomic mass is 10.1. The molecule has 0 spiro atoms. The molecule has 0 atom stereocenters. The SMILES string of the molecule is CCOCCOCc1cccc(CNC(=NC)N2CCC(Oc3ccccc3)CC2)c1. The lowest BCUT2D eigenvalue weighted by molar-refractivity contribution is 0.0453. The molecule has 0 saturated carbocycles. The number of aliphatic imine (C=N–C) groups is 1. The molecule has 0 bridgehead atoms. The number of guanidine groups is 1. The summed E-state index contributed by atoms with van der Waals surface area (Å²) in [5, 5.41) is 3.51. The first-order valence-electron chi connectivity index (χ1n) is 11.2. The maximum absolute atomic E-state index is 6.11. The van der Waals surface area contributed by atoms with Crippen LogP contribution in [0.5, 0.6) is 5.75 Å². The van der Waals surface area contributed by atoms with E-state index in [0.29, 0.717) is 19.8 Å². The summed E-state index contributed by atoms with van der Waals surface area (Å²) in [6.45, 7) is 7.18. The van der Waals surface area contributed by atoms with E-state index in [9.17, 15) is 0 Å². The molecule has 31 heavy (non-hydrogen) atoms. The number of likely N-dealkylation sites (tertiary alicyclic amines) is 1. The van der Waals surface area contributed by atoms with Gasteiger partial charge >= 0.3 is 0 Å². The van der Waals surface area contributed by atoms with Gasteiger partial charge in [0, 0.05) is 46.1 Å². The normalized spacial score (nSPS) is 15.2. The van der Waals surface area contributed by atoms with Gasteiger partial charge in [-0.05, 0) is 30.2 Å². The molecule has 2 aromatic carbocycles. The van der Waals surface area contributed by atoms with Crippen molar-refractivity contribution in [3.05, 3.63) is 65.7 Å². The van der Waals surface area contributed by atoms with Crippen LogP contribution in [0.2, 0.25) is 0 Å². The lowest BCUT2D eigenvalue weighted by Gasteiger charge is -2.34. The van der Waals surface area contributed by atoms with Crippen LogP contribution in [-0.4, -0.2) is 56.9 Å². The molecule has 1 heterocycles. The van der Waals surface area contributed by atoms with E-state index in [-0.39, 0.29) is 6.10 Å². The van der Waals surface area contributed by atoms with Gasteiger partial charge in [0.2, 0.25) is 0 Å². The zero-order valence-electron chi connectivity index (χ0n) is 18.8. The molecule has 0 aromatic heterocycles. The van der Waals surface area contributed by atoms with Crippen molar-refractivity contribution in [3.8, 4) is 5.75 Å². The zero-order chi connectivity index (χ0) is 21.7. The largest absolute Gasteiger partial charge is 0.490 e. The molecular weight excluding hydrogens is 390 g/mol. The fourth-order valence-electron chi connectivity index (χ4n) is 3.67. The Morgan fingerprint density at radius 3 is 2.48 bits per heavy atom. The molecule has 1 saturated heterocycles. The van der Waals surface area contributed by atoms with E-state index in [2.05, 4.69) is 39.5 Å². The Kier molecular flexibility index (Phi) is 9.67. The molecule has 1 aliphatic heterocycles. The second kappa shape index (κ2) is 13.0. The van der Waals surface area contributed by atoms with E-state index in [0.717, 1.165) is 50.8 Å². The smallest absolute Gasteiger partial charge is 0.193 e. The van der Waals surface area contributed by atoms with Gasteiger partial charge in [0.1, 0.15) is 11.9 Å². The number of nitrogens with zero attached hydrogens (tertiary/aromatic N) is 2. The molecule has 0 amide bonds. The summed E-state index contributed by atoms with van der Waals surface area (Å²) in [7, 11) is 1.84. The van der Waals surface area contributed by atoms with E-state index in [1.807, 2.05) is 44.3 Å². The van der Waals surface area contributed by atoms with Crippen molar-refractivity contribution in [2.24, 2.45) is 4.99 Å². The van der Waals surface area contributed by atoms with Gasteiger partial charge in [-0.3, -0.25) is 4.99 Å². The topological polar surface area (TPSA) is 55.3 Å². The Balaban J connectivity index is 1.42. The molecule has 0 unspecified atom stereocenters. The van der Waals surface area contributed by atoms with Gasteiger partial charge in [-0.2, -0.15) is 0 Å². The molecule has 1 N–H and O–H groups in total. The maximum Gasteiger partial charge on any atom is 0.193 e. The average molecular weight is 426 g/mol. The number of para-hydroxylation sites is 1. The molecule has 6 heteroatoms. The van der Waals surface area contributed by atoms with Gasteiger partial charge in [-0.1, -0.05) is 42.5 Å². The predicted molar refractivity (Wildman–Crippen MR) is 124 cm³/mol. The summed E-state index contributed by atoms with van der Waals surface area (Å²) in [5.74, 6) is 1.89. The third-order valence-electron chi connectivity index (χ3n) is 5.29. The average Bonchev–Trinajstić information content (AvgIpc) is 2.81. The van der Waals surface area contributed by atoms with E-state index in [1.165, 1.54) is 11.1 Å². The van der Waals surface area contributed by atoms with Crippen LogP contribution in [0.25, 0.3) is 0 Å². The van der Waals surface area contributed by atoms with E-state index in [1.54, 1.807) is 0 Å². The summed E-state index contributed by atoms with van der Waals surface area (Å²) in [6.07, 6.45) is 2.24. The van der Waals surface area contributed by atoms with Crippen LogP contribution in [0.15, 0.2) is 59.6 Å². The first-order chi connectivity index (χ1) is 15.3. The first-order valence-corrected chi connectivity index (χ1v) is 11.2. The van der Waals surface area contributed by atoms with Crippen LogP contribution >= 0.6 is 0 Å². The number of nitrogens with one attached hydrogen (secondary N) is 1. The van der Waals surface area contributed by atoms with Gasteiger partial charge in [0.25, 0.3) is 0 Å². The van der Waals surface area contributed by atoms with Crippen LogP contribution < -0.4 is 10.1 Å². The minimum absolute atomic E-state index is 0.260. The minimum atomic E-state index is 0.260. The maximum atomic E-state index is 6.11. The van der Waals surface area contributed by atoms with Gasteiger partial charge in [-0.25, -0.2) is 0 Å². The highest BCUT2D eigenvalue weighted by atomic mass is 16.5. The van der Waals surface area contributed by atoms with Crippen LogP contribution in [0.1, 0.15) is 30.9 Å². The summed E-state index contributed by atoms with van der Waals surface area (Å²) in [5.41, 5.74) is 2.39. The van der Waals surface area contributed by atoms with Crippen molar-refractivity contribution in [1.82, 2.24) is 10.2 Å². The molecule has 168 valence electrons. The minimum Gasteiger partial charge on any atom is -0.490 e. The standard InChI is InChI=1S/C25H35N3O3/c1-3-29-16-17-30-20-22-9-7-8-21(18-22)19-27-25(26-2)28-14-12-24(13-15-28)31-23-10-5-4-6-11-23/h4-11,18,24H,3,12-17,19-20H2,1-2H3,(H,26,27).